The van der Waals surface area contributed by atoms with Crippen molar-refractivity contribution in [2.45, 2.75) is 31.7 Å². The van der Waals surface area contributed by atoms with Crippen LogP contribution >= 0.6 is 0 Å². The van der Waals surface area contributed by atoms with E-state index in [1.54, 1.807) is 24.7 Å². The minimum atomic E-state index is -0.157. The van der Waals surface area contributed by atoms with Crippen LogP contribution < -0.4 is 5.56 Å². The summed E-state index contributed by atoms with van der Waals surface area (Å²) in [5.74, 6) is 0.0498. The number of amides is 1. The number of nitrogens with zero attached hydrogens (tertiary/aromatic N) is 4. The van der Waals surface area contributed by atoms with Crippen LogP contribution in [0.25, 0.3) is 5.65 Å². The summed E-state index contributed by atoms with van der Waals surface area (Å²) in [5, 5.41) is 2.84. The van der Waals surface area contributed by atoms with Gasteiger partial charge in [-0.2, -0.15) is 0 Å². The highest BCUT2D eigenvalue weighted by Crippen LogP contribution is 2.30. The Morgan fingerprint density at radius 1 is 1.32 bits per heavy atom. The van der Waals surface area contributed by atoms with Crippen LogP contribution in [-0.2, 0) is 11.2 Å². The van der Waals surface area contributed by atoms with E-state index in [4.69, 9.17) is 0 Å². The number of hydrogen-bond acceptors (Lipinski definition) is 4. The minimum Gasteiger partial charge on any atom is -0.334 e. The van der Waals surface area contributed by atoms with Crippen LogP contribution in [0.15, 0.2) is 47.7 Å². The van der Waals surface area contributed by atoms with Crippen LogP contribution in [0, 0.1) is 0 Å². The first-order chi connectivity index (χ1) is 12.2. The molecule has 0 saturated carbocycles. The third-order valence-corrected chi connectivity index (χ3v) is 4.64. The molecule has 7 nitrogen and oxygen atoms in total. The quantitative estimate of drug-likeness (QED) is 0.789. The molecule has 1 saturated heterocycles. The van der Waals surface area contributed by atoms with Crippen molar-refractivity contribution >= 4 is 11.6 Å². The number of carbonyl (C=O) groups is 1. The molecule has 1 amide bonds. The van der Waals surface area contributed by atoms with Gasteiger partial charge in [-0.25, -0.2) is 9.50 Å². The number of hydrogen-bond donors (Lipinski definition) is 1. The highest BCUT2D eigenvalue weighted by atomic mass is 16.2. The Balaban J connectivity index is 1.63. The van der Waals surface area contributed by atoms with Crippen molar-refractivity contribution in [1.29, 1.82) is 0 Å². The molecule has 3 aromatic heterocycles. The normalized spacial score (nSPS) is 17.8. The van der Waals surface area contributed by atoms with Gasteiger partial charge in [0, 0.05) is 37.3 Å². The van der Waals surface area contributed by atoms with E-state index >= 15 is 0 Å². The largest absolute Gasteiger partial charge is 0.334 e. The number of carbonyl (C=O) groups excluding carboxylic acids is 1. The number of aromatic amines is 1. The first-order valence-electron chi connectivity index (χ1n) is 8.48. The van der Waals surface area contributed by atoms with E-state index in [2.05, 4.69) is 15.1 Å². The topological polar surface area (TPSA) is 83.4 Å². The number of nitrogens with one attached hydrogen (secondary N) is 1. The minimum absolute atomic E-state index is 0.0498. The fourth-order valence-corrected chi connectivity index (χ4v) is 3.43. The van der Waals surface area contributed by atoms with E-state index in [0.29, 0.717) is 24.3 Å². The maximum absolute atomic E-state index is 12.8. The van der Waals surface area contributed by atoms with Crippen LogP contribution in [0.4, 0.5) is 0 Å². The molecule has 0 aromatic carbocycles. The van der Waals surface area contributed by atoms with Crippen molar-refractivity contribution < 1.29 is 4.79 Å². The first-order valence-corrected chi connectivity index (χ1v) is 8.48. The molecule has 0 aliphatic carbocycles. The SMILES string of the molecule is O=C(Cc1cccnc1)N1CCCC[C@@H]1c1cc(=O)n2[nH]ccc2n1. The Labute approximate surface area is 144 Å². The molecule has 1 aliphatic heterocycles. The van der Waals surface area contributed by atoms with Crippen molar-refractivity contribution in [2.24, 2.45) is 0 Å². The molecule has 128 valence electrons. The van der Waals surface area contributed by atoms with Crippen molar-refractivity contribution in [3.8, 4) is 0 Å². The van der Waals surface area contributed by atoms with Gasteiger partial charge in [-0.15, -0.1) is 0 Å². The molecule has 4 rings (SSSR count). The van der Waals surface area contributed by atoms with Crippen LogP contribution in [0.5, 0.6) is 0 Å². The fraction of sp³-hybridized carbons (Fsp3) is 0.333. The molecule has 1 N–H and O–H groups in total. The molecule has 1 aliphatic rings. The number of aromatic nitrogens is 4. The van der Waals surface area contributed by atoms with Gasteiger partial charge in [0.2, 0.25) is 5.91 Å². The molecule has 7 heteroatoms. The predicted octanol–water partition coefficient (Wildman–Crippen LogP) is 1.71. The Kier molecular flexibility index (Phi) is 4.05. The summed E-state index contributed by atoms with van der Waals surface area (Å²) in [6.45, 7) is 0.692. The predicted molar refractivity (Wildman–Crippen MR) is 92.1 cm³/mol. The van der Waals surface area contributed by atoms with E-state index < -0.39 is 0 Å². The summed E-state index contributed by atoms with van der Waals surface area (Å²) in [7, 11) is 0. The summed E-state index contributed by atoms with van der Waals surface area (Å²) >= 11 is 0. The Bertz CT molecular complexity index is 947. The number of fused-ring (bicyclic) bond motifs is 1. The molecular formula is C18H19N5O2. The van der Waals surface area contributed by atoms with Crippen molar-refractivity contribution in [3.63, 3.8) is 0 Å². The van der Waals surface area contributed by atoms with Crippen molar-refractivity contribution in [1.82, 2.24) is 24.5 Å². The fourth-order valence-electron chi connectivity index (χ4n) is 3.43. The second kappa shape index (κ2) is 6.51. The maximum atomic E-state index is 12.8. The summed E-state index contributed by atoms with van der Waals surface area (Å²) in [4.78, 5) is 35.6. The van der Waals surface area contributed by atoms with Gasteiger partial charge in [0.25, 0.3) is 5.56 Å². The molecule has 1 fully saturated rings. The van der Waals surface area contributed by atoms with Crippen LogP contribution in [0.3, 0.4) is 0 Å². The lowest BCUT2D eigenvalue weighted by molar-refractivity contribution is -0.134. The highest BCUT2D eigenvalue weighted by molar-refractivity contribution is 5.79. The van der Waals surface area contributed by atoms with E-state index in [9.17, 15) is 9.59 Å². The van der Waals surface area contributed by atoms with Gasteiger partial charge in [-0.1, -0.05) is 6.07 Å². The molecule has 3 aromatic rings. The second-order valence-corrected chi connectivity index (χ2v) is 6.31. The molecule has 0 radical (unpaired) electrons. The van der Waals surface area contributed by atoms with Crippen molar-refractivity contribution in [3.05, 3.63) is 64.5 Å². The summed E-state index contributed by atoms with van der Waals surface area (Å²) in [6.07, 6.45) is 8.23. The Morgan fingerprint density at radius 3 is 3.08 bits per heavy atom. The van der Waals surface area contributed by atoms with Gasteiger partial charge in [0.15, 0.2) is 5.65 Å². The molecule has 1 atom stereocenters. The lowest BCUT2D eigenvalue weighted by atomic mass is 9.98. The van der Waals surface area contributed by atoms with Gasteiger partial charge in [0.1, 0.15) is 0 Å². The van der Waals surface area contributed by atoms with Crippen LogP contribution in [-0.4, -0.2) is 36.9 Å². The summed E-state index contributed by atoms with van der Waals surface area (Å²) in [6, 6.07) is 6.88. The van der Waals surface area contributed by atoms with Crippen LogP contribution in [0.2, 0.25) is 0 Å². The zero-order chi connectivity index (χ0) is 17.2. The second-order valence-electron chi connectivity index (χ2n) is 6.31. The molecule has 4 heterocycles. The van der Waals surface area contributed by atoms with Crippen LogP contribution in [0.1, 0.15) is 36.6 Å². The average Bonchev–Trinajstić information content (AvgIpc) is 3.12. The number of pyridine rings is 1. The number of piperidine rings is 1. The Morgan fingerprint density at radius 2 is 2.24 bits per heavy atom. The van der Waals surface area contributed by atoms with E-state index in [0.717, 1.165) is 24.8 Å². The Hall–Kier alpha value is -2.96. The van der Waals surface area contributed by atoms with Gasteiger partial charge < -0.3 is 4.90 Å². The first kappa shape index (κ1) is 15.6. The number of likely N-dealkylation sites (tertiary alicyclic amines) is 1. The van der Waals surface area contributed by atoms with Gasteiger partial charge in [0.05, 0.1) is 18.2 Å². The smallest absolute Gasteiger partial charge is 0.272 e. The molecule has 0 spiro atoms. The zero-order valence-corrected chi connectivity index (χ0v) is 13.8. The third kappa shape index (κ3) is 3.05. The maximum Gasteiger partial charge on any atom is 0.272 e. The average molecular weight is 337 g/mol. The van der Waals surface area contributed by atoms with Gasteiger partial charge >= 0.3 is 0 Å². The molecule has 0 unspecified atom stereocenters. The van der Waals surface area contributed by atoms with E-state index in [1.165, 1.54) is 10.6 Å². The lowest BCUT2D eigenvalue weighted by Gasteiger charge is -2.35. The van der Waals surface area contributed by atoms with E-state index in [-0.39, 0.29) is 17.5 Å². The monoisotopic (exact) mass is 337 g/mol. The van der Waals surface area contributed by atoms with E-state index in [1.807, 2.05) is 17.0 Å². The summed E-state index contributed by atoms with van der Waals surface area (Å²) in [5.41, 5.74) is 1.98. The van der Waals surface area contributed by atoms with Gasteiger partial charge in [-0.05, 0) is 30.9 Å². The zero-order valence-electron chi connectivity index (χ0n) is 13.8. The molecule has 0 bridgehead atoms. The number of rotatable bonds is 3. The van der Waals surface area contributed by atoms with Gasteiger partial charge in [-0.3, -0.25) is 19.7 Å². The molecule has 25 heavy (non-hydrogen) atoms. The van der Waals surface area contributed by atoms with Crippen molar-refractivity contribution in [2.75, 3.05) is 6.54 Å². The summed E-state index contributed by atoms with van der Waals surface area (Å²) < 4.78 is 1.40. The molecular weight excluding hydrogens is 318 g/mol. The lowest BCUT2D eigenvalue weighted by Crippen LogP contribution is -2.40. The number of H-pyrrole nitrogens is 1. The third-order valence-electron chi connectivity index (χ3n) is 4.64. The standard InChI is InChI=1S/C18H19N5O2/c24-17(10-13-4-3-7-19-12-13)22-9-2-1-5-15(22)14-11-18(25)23-16(21-14)6-8-20-23/h3-4,6-8,11-12,15,20H,1-2,5,9-10H2/t15-/m1/s1. The highest BCUT2D eigenvalue weighted by Gasteiger charge is 2.29.